The van der Waals surface area contributed by atoms with Crippen molar-refractivity contribution in [3.8, 4) is 0 Å². The van der Waals surface area contributed by atoms with E-state index in [9.17, 15) is 9.90 Å². The van der Waals surface area contributed by atoms with Crippen LogP contribution in [0.2, 0.25) is 0 Å². The van der Waals surface area contributed by atoms with Crippen LogP contribution in [0.25, 0.3) is 0 Å². The molecule has 1 heterocycles. The number of aliphatic hydroxyl groups excluding tert-OH is 1. The van der Waals surface area contributed by atoms with E-state index in [2.05, 4.69) is 40.5 Å². The molecule has 1 aliphatic carbocycles. The number of carbonyl (C=O) groups excluding carboxylic acids is 1. The lowest BCUT2D eigenvalue weighted by Crippen LogP contribution is -2.53. The van der Waals surface area contributed by atoms with E-state index in [-0.39, 0.29) is 11.4 Å². The standard InChI is InChI=1S/C24H30N2O2/c1-18(27)25-24(22-8-3-2-4-9-22)12-14-26(15-13-24)17-23(28)21-11-10-19-6-5-7-20(19)16-21/h2-4,8-11,16,23,28H,5-7,12-15,17H2,1H3,(H,25,27)/t23-/m0/s1. The van der Waals surface area contributed by atoms with Crippen LogP contribution in [0.3, 0.4) is 0 Å². The number of hydrogen-bond acceptors (Lipinski definition) is 3. The second-order valence-corrected chi connectivity index (χ2v) is 8.33. The fourth-order valence-electron chi connectivity index (χ4n) is 4.85. The van der Waals surface area contributed by atoms with Crippen LogP contribution in [-0.4, -0.2) is 35.5 Å². The minimum absolute atomic E-state index is 0.00970. The summed E-state index contributed by atoms with van der Waals surface area (Å²) in [5.74, 6) is 0.00970. The molecule has 0 radical (unpaired) electrons. The molecule has 1 atom stereocenters. The lowest BCUT2D eigenvalue weighted by molar-refractivity contribution is -0.121. The summed E-state index contributed by atoms with van der Waals surface area (Å²) < 4.78 is 0. The summed E-state index contributed by atoms with van der Waals surface area (Å²) in [5.41, 5.74) is 4.74. The van der Waals surface area contributed by atoms with Gasteiger partial charge in [0.1, 0.15) is 0 Å². The van der Waals surface area contributed by atoms with Crippen molar-refractivity contribution in [3.05, 3.63) is 70.8 Å². The largest absolute Gasteiger partial charge is 0.387 e. The molecule has 2 aliphatic rings. The first kappa shape index (κ1) is 19.2. The Morgan fingerprint density at radius 1 is 1.11 bits per heavy atom. The molecule has 1 amide bonds. The number of benzene rings is 2. The summed E-state index contributed by atoms with van der Waals surface area (Å²) in [7, 11) is 0. The Labute approximate surface area is 167 Å². The van der Waals surface area contributed by atoms with Gasteiger partial charge in [0.15, 0.2) is 0 Å². The van der Waals surface area contributed by atoms with E-state index >= 15 is 0 Å². The number of aryl methyl sites for hydroxylation is 2. The zero-order valence-electron chi connectivity index (χ0n) is 16.7. The Morgan fingerprint density at radius 3 is 2.54 bits per heavy atom. The van der Waals surface area contributed by atoms with Crippen LogP contribution >= 0.6 is 0 Å². The number of aliphatic hydroxyl groups is 1. The molecule has 4 heteroatoms. The zero-order valence-corrected chi connectivity index (χ0v) is 16.7. The monoisotopic (exact) mass is 378 g/mol. The molecule has 4 nitrogen and oxygen atoms in total. The van der Waals surface area contributed by atoms with Crippen molar-refractivity contribution in [2.45, 2.75) is 50.7 Å². The van der Waals surface area contributed by atoms with Crippen LogP contribution in [0, 0.1) is 0 Å². The number of carbonyl (C=O) groups is 1. The number of piperidine rings is 1. The van der Waals surface area contributed by atoms with E-state index in [1.165, 1.54) is 29.5 Å². The molecule has 148 valence electrons. The third-order valence-corrected chi connectivity index (χ3v) is 6.39. The van der Waals surface area contributed by atoms with Crippen molar-refractivity contribution in [3.63, 3.8) is 0 Å². The molecule has 1 aliphatic heterocycles. The van der Waals surface area contributed by atoms with Gasteiger partial charge in [-0.25, -0.2) is 0 Å². The van der Waals surface area contributed by atoms with Crippen LogP contribution < -0.4 is 5.32 Å². The van der Waals surface area contributed by atoms with Gasteiger partial charge in [0, 0.05) is 26.6 Å². The highest BCUT2D eigenvalue weighted by atomic mass is 16.3. The Hall–Kier alpha value is -2.17. The minimum atomic E-state index is -0.462. The van der Waals surface area contributed by atoms with Gasteiger partial charge >= 0.3 is 0 Å². The molecule has 0 spiro atoms. The van der Waals surface area contributed by atoms with Crippen molar-refractivity contribution in [1.29, 1.82) is 0 Å². The Balaban J connectivity index is 1.42. The second kappa shape index (κ2) is 8.06. The summed E-state index contributed by atoms with van der Waals surface area (Å²) in [6.07, 6.45) is 4.78. The van der Waals surface area contributed by atoms with Crippen LogP contribution in [0.15, 0.2) is 48.5 Å². The van der Waals surface area contributed by atoms with Gasteiger partial charge in [0.05, 0.1) is 11.6 Å². The van der Waals surface area contributed by atoms with Crippen molar-refractivity contribution in [1.82, 2.24) is 10.2 Å². The summed E-state index contributed by atoms with van der Waals surface area (Å²) in [6.45, 7) is 3.95. The molecule has 0 saturated carbocycles. The molecule has 0 bridgehead atoms. The maximum atomic E-state index is 11.9. The second-order valence-electron chi connectivity index (χ2n) is 8.33. The Morgan fingerprint density at radius 2 is 1.82 bits per heavy atom. The number of hydrogen-bond donors (Lipinski definition) is 2. The van der Waals surface area contributed by atoms with E-state index < -0.39 is 6.10 Å². The van der Waals surface area contributed by atoms with E-state index in [4.69, 9.17) is 0 Å². The highest BCUT2D eigenvalue weighted by Crippen LogP contribution is 2.34. The normalized spacial score (nSPS) is 19.8. The minimum Gasteiger partial charge on any atom is -0.387 e. The van der Waals surface area contributed by atoms with Crippen molar-refractivity contribution in [2.24, 2.45) is 0 Å². The van der Waals surface area contributed by atoms with Gasteiger partial charge in [-0.15, -0.1) is 0 Å². The maximum Gasteiger partial charge on any atom is 0.217 e. The molecule has 2 aromatic carbocycles. The first-order chi connectivity index (χ1) is 13.6. The van der Waals surface area contributed by atoms with Crippen molar-refractivity contribution < 1.29 is 9.90 Å². The zero-order chi connectivity index (χ0) is 19.6. The third kappa shape index (κ3) is 3.98. The number of nitrogens with zero attached hydrogens (tertiary/aromatic N) is 1. The lowest BCUT2D eigenvalue weighted by Gasteiger charge is -2.43. The number of likely N-dealkylation sites (tertiary alicyclic amines) is 1. The van der Waals surface area contributed by atoms with Gasteiger partial charge in [-0.2, -0.15) is 0 Å². The Bertz CT molecular complexity index is 826. The van der Waals surface area contributed by atoms with E-state index in [0.29, 0.717) is 6.54 Å². The van der Waals surface area contributed by atoms with Crippen LogP contribution in [-0.2, 0) is 23.2 Å². The number of fused-ring (bicyclic) bond motifs is 1. The summed E-state index contributed by atoms with van der Waals surface area (Å²) in [5, 5.41) is 14.0. The number of nitrogens with one attached hydrogen (secondary N) is 1. The number of amides is 1. The van der Waals surface area contributed by atoms with Crippen LogP contribution in [0.5, 0.6) is 0 Å². The molecule has 2 aromatic rings. The molecule has 1 saturated heterocycles. The average Bonchev–Trinajstić information content (AvgIpc) is 3.17. The van der Waals surface area contributed by atoms with Gasteiger partial charge in [-0.3, -0.25) is 4.79 Å². The quantitative estimate of drug-likeness (QED) is 0.839. The smallest absolute Gasteiger partial charge is 0.217 e. The first-order valence-corrected chi connectivity index (χ1v) is 10.4. The average molecular weight is 379 g/mol. The summed E-state index contributed by atoms with van der Waals surface area (Å²) in [6, 6.07) is 16.7. The molecule has 28 heavy (non-hydrogen) atoms. The predicted molar refractivity (Wildman–Crippen MR) is 111 cm³/mol. The van der Waals surface area contributed by atoms with E-state index in [1.54, 1.807) is 6.92 Å². The predicted octanol–water partition coefficient (Wildman–Crippen LogP) is 3.34. The van der Waals surface area contributed by atoms with Gasteiger partial charge in [0.2, 0.25) is 5.91 Å². The molecule has 0 unspecified atom stereocenters. The number of rotatable bonds is 5. The molecule has 1 fully saturated rings. The molecule has 0 aromatic heterocycles. The van der Waals surface area contributed by atoms with E-state index in [0.717, 1.165) is 37.9 Å². The van der Waals surface area contributed by atoms with Gasteiger partial charge in [0.25, 0.3) is 0 Å². The molecule has 4 rings (SSSR count). The van der Waals surface area contributed by atoms with Crippen molar-refractivity contribution in [2.75, 3.05) is 19.6 Å². The summed E-state index contributed by atoms with van der Waals surface area (Å²) in [4.78, 5) is 14.2. The highest BCUT2D eigenvalue weighted by Gasteiger charge is 2.37. The molecular formula is C24H30N2O2. The topological polar surface area (TPSA) is 52.6 Å². The van der Waals surface area contributed by atoms with Crippen molar-refractivity contribution >= 4 is 5.91 Å². The molecule has 2 N–H and O–H groups in total. The first-order valence-electron chi connectivity index (χ1n) is 10.4. The van der Waals surface area contributed by atoms with Gasteiger partial charge in [-0.1, -0.05) is 48.5 Å². The third-order valence-electron chi connectivity index (χ3n) is 6.39. The lowest BCUT2D eigenvalue weighted by atomic mass is 9.80. The van der Waals surface area contributed by atoms with Crippen LogP contribution in [0.4, 0.5) is 0 Å². The van der Waals surface area contributed by atoms with Gasteiger partial charge < -0.3 is 15.3 Å². The molecular weight excluding hydrogens is 348 g/mol. The summed E-state index contributed by atoms with van der Waals surface area (Å²) >= 11 is 0. The fourth-order valence-corrected chi connectivity index (χ4v) is 4.85. The number of β-amino-alcohol motifs (C(OH)–C–C–N with tert-alkyl or cyclic N) is 1. The SMILES string of the molecule is CC(=O)NC1(c2ccccc2)CCN(C[C@H](O)c2ccc3c(c2)CCC3)CC1. The van der Waals surface area contributed by atoms with Gasteiger partial charge in [-0.05, 0) is 54.4 Å². The maximum absolute atomic E-state index is 11.9. The van der Waals surface area contributed by atoms with E-state index in [1.807, 2.05) is 18.2 Å². The Kier molecular flexibility index (Phi) is 5.51. The highest BCUT2D eigenvalue weighted by molar-refractivity contribution is 5.74. The fraction of sp³-hybridized carbons (Fsp3) is 0.458. The van der Waals surface area contributed by atoms with Crippen LogP contribution in [0.1, 0.15) is 54.5 Å².